The smallest absolute Gasteiger partial charge is 0.275 e. The van der Waals surface area contributed by atoms with E-state index in [2.05, 4.69) is 15.5 Å². The van der Waals surface area contributed by atoms with Gasteiger partial charge in [-0.3, -0.25) is 9.78 Å². The van der Waals surface area contributed by atoms with Crippen molar-refractivity contribution >= 4 is 23.7 Å². The number of hydrazone groups is 1. The molecule has 0 radical (unpaired) electrons. The molecule has 3 aromatic rings. The molecule has 0 fully saturated rings. The quantitative estimate of drug-likeness (QED) is 0.529. The number of ether oxygens (including phenoxy) is 1. The third kappa shape index (κ3) is 4.91. The summed E-state index contributed by atoms with van der Waals surface area (Å²) in [5.74, 6) is 0.140. The first-order valence-electron chi connectivity index (χ1n) is 7.92. The number of amides is 1. The SMILES string of the molecule is O=C(N/N=C/c1ccncc1)c1ccccc1OCc1ccc(Cl)cc1. The van der Waals surface area contributed by atoms with E-state index < -0.39 is 0 Å². The van der Waals surface area contributed by atoms with Crippen LogP contribution in [0.15, 0.2) is 78.2 Å². The molecule has 0 bridgehead atoms. The standard InChI is InChI=1S/C20H16ClN3O2/c21-17-7-5-16(6-8-17)14-26-19-4-2-1-3-18(19)20(25)24-23-13-15-9-11-22-12-10-15/h1-13H,14H2,(H,24,25)/b23-13+. The number of nitrogens with zero attached hydrogens (tertiary/aromatic N) is 2. The van der Waals surface area contributed by atoms with E-state index in [0.29, 0.717) is 22.9 Å². The Morgan fingerprint density at radius 2 is 1.81 bits per heavy atom. The topological polar surface area (TPSA) is 63.6 Å². The molecule has 5 nitrogen and oxygen atoms in total. The number of rotatable bonds is 6. The highest BCUT2D eigenvalue weighted by Crippen LogP contribution is 2.20. The van der Waals surface area contributed by atoms with Crippen molar-refractivity contribution in [3.8, 4) is 5.75 Å². The van der Waals surface area contributed by atoms with Gasteiger partial charge in [-0.15, -0.1) is 0 Å². The molecular formula is C20H16ClN3O2. The van der Waals surface area contributed by atoms with Crippen molar-refractivity contribution in [3.05, 3.63) is 94.8 Å². The summed E-state index contributed by atoms with van der Waals surface area (Å²) in [4.78, 5) is 16.3. The third-order valence-electron chi connectivity index (χ3n) is 3.53. The fourth-order valence-electron chi connectivity index (χ4n) is 2.20. The van der Waals surface area contributed by atoms with Crippen molar-refractivity contribution in [2.75, 3.05) is 0 Å². The van der Waals surface area contributed by atoms with E-state index in [1.54, 1.807) is 61.1 Å². The van der Waals surface area contributed by atoms with Crippen LogP contribution in [0.4, 0.5) is 0 Å². The molecule has 0 unspecified atom stereocenters. The molecular weight excluding hydrogens is 350 g/mol. The van der Waals surface area contributed by atoms with E-state index in [4.69, 9.17) is 16.3 Å². The highest BCUT2D eigenvalue weighted by molar-refractivity contribution is 6.30. The van der Waals surface area contributed by atoms with E-state index in [9.17, 15) is 4.79 Å². The zero-order valence-electron chi connectivity index (χ0n) is 13.8. The number of hydrogen-bond acceptors (Lipinski definition) is 4. The second-order valence-electron chi connectivity index (χ2n) is 5.39. The maximum absolute atomic E-state index is 12.4. The Bertz CT molecular complexity index is 896. The lowest BCUT2D eigenvalue weighted by molar-refractivity contribution is 0.0950. The molecule has 0 spiro atoms. The third-order valence-corrected chi connectivity index (χ3v) is 3.78. The molecule has 0 atom stereocenters. The van der Waals surface area contributed by atoms with Gasteiger partial charge in [-0.1, -0.05) is 35.9 Å². The molecule has 1 heterocycles. The molecule has 0 aliphatic heterocycles. The second-order valence-corrected chi connectivity index (χ2v) is 5.83. The van der Waals surface area contributed by atoms with Crippen molar-refractivity contribution < 1.29 is 9.53 Å². The Labute approximate surface area is 156 Å². The first-order valence-corrected chi connectivity index (χ1v) is 8.30. The zero-order valence-corrected chi connectivity index (χ0v) is 14.6. The van der Waals surface area contributed by atoms with Gasteiger partial charge >= 0.3 is 0 Å². The highest BCUT2D eigenvalue weighted by atomic mass is 35.5. The van der Waals surface area contributed by atoms with Crippen molar-refractivity contribution in [3.63, 3.8) is 0 Å². The summed E-state index contributed by atoms with van der Waals surface area (Å²) in [6, 6.07) is 18.0. The Morgan fingerprint density at radius 3 is 2.58 bits per heavy atom. The van der Waals surface area contributed by atoms with E-state index in [1.165, 1.54) is 0 Å². The van der Waals surface area contributed by atoms with E-state index >= 15 is 0 Å². The molecule has 1 N–H and O–H groups in total. The second kappa shape index (κ2) is 8.78. The zero-order chi connectivity index (χ0) is 18.2. The molecule has 1 aromatic heterocycles. The molecule has 3 rings (SSSR count). The fourth-order valence-corrected chi connectivity index (χ4v) is 2.32. The van der Waals surface area contributed by atoms with Crippen LogP contribution in [0.3, 0.4) is 0 Å². The van der Waals surface area contributed by atoms with Gasteiger partial charge in [0.05, 0.1) is 11.8 Å². The van der Waals surface area contributed by atoms with Crippen molar-refractivity contribution in [2.24, 2.45) is 5.10 Å². The number of pyridine rings is 1. The van der Waals surface area contributed by atoms with Gasteiger partial charge in [0.15, 0.2) is 0 Å². The number of para-hydroxylation sites is 1. The van der Waals surface area contributed by atoms with Crippen LogP contribution in [0.2, 0.25) is 5.02 Å². The fraction of sp³-hybridized carbons (Fsp3) is 0.0500. The minimum atomic E-state index is -0.345. The average Bonchev–Trinajstić information content (AvgIpc) is 2.68. The number of carbonyl (C=O) groups is 1. The summed E-state index contributed by atoms with van der Waals surface area (Å²) in [6.07, 6.45) is 4.86. The molecule has 130 valence electrons. The van der Waals surface area contributed by atoms with Crippen molar-refractivity contribution in [1.82, 2.24) is 10.4 Å². The summed E-state index contributed by atoms with van der Waals surface area (Å²) in [5, 5.41) is 4.63. The van der Waals surface area contributed by atoms with Crippen molar-refractivity contribution in [2.45, 2.75) is 6.61 Å². The van der Waals surface area contributed by atoms with Gasteiger partial charge in [0.25, 0.3) is 5.91 Å². The molecule has 0 saturated heterocycles. The van der Waals surface area contributed by atoms with Crippen LogP contribution in [0, 0.1) is 0 Å². The minimum absolute atomic E-state index is 0.335. The van der Waals surface area contributed by atoms with E-state index in [1.807, 2.05) is 18.2 Å². The van der Waals surface area contributed by atoms with Gasteiger partial charge in [0.1, 0.15) is 12.4 Å². The summed E-state index contributed by atoms with van der Waals surface area (Å²) < 4.78 is 5.78. The average molecular weight is 366 g/mol. The lowest BCUT2D eigenvalue weighted by atomic mass is 10.2. The predicted octanol–water partition coefficient (Wildman–Crippen LogP) is 4.08. The maximum atomic E-state index is 12.4. The molecule has 0 aliphatic rings. The summed E-state index contributed by atoms with van der Waals surface area (Å²) >= 11 is 5.88. The van der Waals surface area contributed by atoms with Crippen LogP contribution in [-0.4, -0.2) is 17.1 Å². The van der Waals surface area contributed by atoms with E-state index in [-0.39, 0.29) is 5.91 Å². The minimum Gasteiger partial charge on any atom is -0.488 e. The van der Waals surface area contributed by atoms with Crippen LogP contribution >= 0.6 is 11.6 Å². The first-order chi connectivity index (χ1) is 12.7. The van der Waals surface area contributed by atoms with Crippen LogP contribution in [0.25, 0.3) is 0 Å². The molecule has 1 amide bonds. The number of carbonyl (C=O) groups excluding carboxylic acids is 1. The summed E-state index contributed by atoms with van der Waals surface area (Å²) in [5.41, 5.74) is 4.72. The number of hydrogen-bond donors (Lipinski definition) is 1. The van der Waals surface area contributed by atoms with Crippen LogP contribution in [-0.2, 0) is 6.61 Å². The molecule has 26 heavy (non-hydrogen) atoms. The van der Waals surface area contributed by atoms with Gasteiger partial charge < -0.3 is 4.74 Å². The largest absolute Gasteiger partial charge is 0.488 e. The van der Waals surface area contributed by atoms with Crippen LogP contribution in [0.5, 0.6) is 5.75 Å². The molecule has 2 aromatic carbocycles. The molecule has 0 aliphatic carbocycles. The van der Waals surface area contributed by atoms with Crippen LogP contribution in [0.1, 0.15) is 21.5 Å². The van der Waals surface area contributed by atoms with E-state index in [0.717, 1.165) is 11.1 Å². The maximum Gasteiger partial charge on any atom is 0.275 e. The Hall–Kier alpha value is -3.18. The molecule has 0 saturated carbocycles. The van der Waals surface area contributed by atoms with Crippen molar-refractivity contribution in [1.29, 1.82) is 0 Å². The Morgan fingerprint density at radius 1 is 1.08 bits per heavy atom. The number of halogens is 1. The van der Waals surface area contributed by atoms with Gasteiger partial charge in [-0.25, -0.2) is 5.43 Å². The number of aromatic nitrogens is 1. The molecule has 6 heteroatoms. The van der Waals surface area contributed by atoms with Gasteiger partial charge in [-0.2, -0.15) is 5.10 Å². The number of nitrogens with one attached hydrogen (secondary N) is 1. The summed E-state index contributed by atoms with van der Waals surface area (Å²) in [6.45, 7) is 0.335. The summed E-state index contributed by atoms with van der Waals surface area (Å²) in [7, 11) is 0. The highest BCUT2D eigenvalue weighted by Gasteiger charge is 2.11. The first kappa shape index (κ1) is 17.6. The lowest BCUT2D eigenvalue weighted by Gasteiger charge is -2.10. The van der Waals surface area contributed by atoms with Gasteiger partial charge in [0, 0.05) is 17.4 Å². The van der Waals surface area contributed by atoms with Crippen LogP contribution < -0.4 is 10.2 Å². The Balaban J connectivity index is 1.65. The predicted molar refractivity (Wildman–Crippen MR) is 102 cm³/mol. The van der Waals surface area contributed by atoms with Gasteiger partial charge in [-0.05, 0) is 47.5 Å². The Kier molecular flexibility index (Phi) is 5.96. The van der Waals surface area contributed by atoms with Gasteiger partial charge in [0.2, 0.25) is 0 Å². The monoisotopic (exact) mass is 365 g/mol. The normalized spacial score (nSPS) is 10.7. The lowest BCUT2D eigenvalue weighted by Crippen LogP contribution is -2.18. The number of benzene rings is 2.